The molecule has 0 unspecified atom stereocenters. The summed E-state index contributed by atoms with van der Waals surface area (Å²) in [5.74, 6) is 0. The van der Waals surface area contributed by atoms with Gasteiger partial charge < -0.3 is 0 Å². The van der Waals surface area contributed by atoms with Crippen LogP contribution in [0.15, 0.2) is 59.5 Å². The second-order valence-corrected chi connectivity index (χ2v) is 4.49. The average Bonchev–Trinajstić information content (AvgIpc) is 2.60. The van der Waals surface area contributed by atoms with Gasteiger partial charge in [-0.2, -0.15) is 0 Å². The van der Waals surface area contributed by atoms with Crippen LogP contribution in [0.3, 0.4) is 0 Å². The van der Waals surface area contributed by atoms with Gasteiger partial charge in [0.15, 0.2) is 6.29 Å². The van der Waals surface area contributed by atoms with E-state index in [1.807, 2.05) is 44.2 Å². The SMILES string of the molecule is C.CC.O=Cc1nc2ccccn2c(=O)c1Cc1ccccc1. The van der Waals surface area contributed by atoms with Crippen molar-refractivity contribution in [3.63, 3.8) is 0 Å². The van der Waals surface area contributed by atoms with E-state index in [1.165, 1.54) is 4.40 Å². The van der Waals surface area contributed by atoms with E-state index in [1.54, 1.807) is 24.4 Å². The highest BCUT2D eigenvalue weighted by molar-refractivity contribution is 5.75. The molecule has 0 radical (unpaired) electrons. The van der Waals surface area contributed by atoms with Crippen LogP contribution in [0.2, 0.25) is 0 Å². The number of carbonyl (C=O) groups excluding carboxylic acids is 1. The number of carbonyl (C=O) groups is 1. The Morgan fingerprint density at radius 3 is 2.35 bits per heavy atom. The molecular weight excluding hydrogens is 288 g/mol. The summed E-state index contributed by atoms with van der Waals surface area (Å²) in [7, 11) is 0. The maximum absolute atomic E-state index is 12.5. The summed E-state index contributed by atoms with van der Waals surface area (Å²) in [6, 6.07) is 14.8. The van der Waals surface area contributed by atoms with E-state index < -0.39 is 0 Å². The van der Waals surface area contributed by atoms with Crippen molar-refractivity contribution in [2.45, 2.75) is 27.7 Å². The maximum atomic E-state index is 12.5. The minimum absolute atomic E-state index is 0. The molecule has 4 heteroatoms. The van der Waals surface area contributed by atoms with Crippen LogP contribution in [0.5, 0.6) is 0 Å². The number of hydrogen-bond acceptors (Lipinski definition) is 3. The largest absolute Gasteiger partial charge is 0.296 e. The highest BCUT2D eigenvalue weighted by Crippen LogP contribution is 2.09. The highest BCUT2D eigenvalue weighted by atomic mass is 16.1. The molecule has 0 fully saturated rings. The number of aromatic nitrogens is 2. The van der Waals surface area contributed by atoms with Gasteiger partial charge in [0, 0.05) is 12.6 Å². The fourth-order valence-electron chi connectivity index (χ4n) is 2.21. The normalized spacial score (nSPS) is 9.48. The maximum Gasteiger partial charge on any atom is 0.262 e. The Kier molecular flexibility index (Phi) is 6.87. The van der Waals surface area contributed by atoms with E-state index in [-0.39, 0.29) is 18.7 Å². The van der Waals surface area contributed by atoms with Crippen molar-refractivity contribution in [2.24, 2.45) is 0 Å². The van der Waals surface area contributed by atoms with Crippen molar-refractivity contribution in [1.29, 1.82) is 0 Å². The summed E-state index contributed by atoms with van der Waals surface area (Å²) in [5.41, 5.74) is 1.91. The van der Waals surface area contributed by atoms with E-state index in [9.17, 15) is 9.59 Å². The first-order chi connectivity index (χ1) is 10.8. The minimum atomic E-state index is -0.193. The molecule has 0 N–H and O–H groups in total. The Labute approximate surface area is 136 Å². The van der Waals surface area contributed by atoms with Crippen LogP contribution < -0.4 is 5.56 Å². The Morgan fingerprint density at radius 1 is 1.04 bits per heavy atom. The molecule has 0 aliphatic carbocycles. The van der Waals surface area contributed by atoms with Crippen molar-refractivity contribution in [3.8, 4) is 0 Å². The summed E-state index contributed by atoms with van der Waals surface area (Å²) < 4.78 is 1.46. The van der Waals surface area contributed by atoms with Crippen LogP contribution in [-0.4, -0.2) is 15.7 Å². The summed E-state index contributed by atoms with van der Waals surface area (Å²) >= 11 is 0. The Bertz CT molecular complexity index is 824. The monoisotopic (exact) mass is 310 g/mol. The fourth-order valence-corrected chi connectivity index (χ4v) is 2.21. The average molecular weight is 310 g/mol. The van der Waals surface area contributed by atoms with E-state index >= 15 is 0 Å². The number of aldehydes is 1. The van der Waals surface area contributed by atoms with Gasteiger partial charge in [0.05, 0.1) is 5.56 Å². The van der Waals surface area contributed by atoms with Crippen molar-refractivity contribution in [3.05, 3.63) is 81.9 Å². The van der Waals surface area contributed by atoms with Crippen LogP contribution in [0.4, 0.5) is 0 Å². The number of pyridine rings is 1. The molecule has 0 aliphatic rings. The van der Waals surface area contributed by atoms with Gasteiger partial charge >= 0.3 is 0 Å². The van der Waals surface area contributed by atoms with Crippen LogP contribution >= 0.6 is 0 Å². The van der Waals surface area contributed by atoms with Gasteiger partial charge in [0.2, 0.25) is 0 Å². The molecule has 0 saturated carbocycles. The van der Waals surface area contributed by atoms with Crippen LogP contribution in [0.1, 0.15) is 42.9 Å². The minimum Gasteiger partial charge on any atom is -0.296 e. The number of hydrogen-bond donors (Lipinski definition) is 0. The van der Waals surface area contributed by atoms with Gasteiger partial charge in [-0.15, -0.1) is 0 Å². The molecule has 3 rings (SSSR count). The molecule has 0 saturated heterocycles. The molecule has 3 aromatic rings. The molecule has 4 nitrogen and oxygen atoms in total. The van der Waals surface area contributed by atoms with Gasteiger partial charge in [-0.1, -0.05) is 57.7 Å². The fraction of sp³-hybridized carbons (Fsp3) is 0.211. The van der Waals surface area contributed by atoms with Gasteiger partial charge in [0.25, 0.3) is 5.56 Å². The molecule has 0 aliphatic heterocycles. The van der Waals surface area contributed by atoms with E-state index in [0.29, 0.717) is 23.9 Å². The van der Waals surface area contributed by atoms with Crippen LogP contribution in [0.25, 0.3) is 5.65 Å². The lowest BCUT2D eigenvalue weighted by Crippen LogP contribution is -2.22. The molecule has 2 heterocycles. The van der Waals surface area contributed by atoms with Gasteiger partial charge in [0.1, 0.15) is 11.3 Å². The highest BCUT2D eigenvalue weighted by Gasteiger charge is 2.12. The van der Waals surface area contributed by atoms with Crippen LogP contribution in [0, 0.1) is 0 Å². The zero-order chi connectivity index (χ0) is 15.9. The molecule has 23 heavy (non-hydrogen) atoms. The lowest BCUT2D eigenvalue weighted by Gasteiger charge is -2.07. The van der Waals surface area contributed by atoms with Crippen molar-refractivity contribution in [2.75, 3.05) is 0 Å². The molecule has 0 spiro atoms. The topological polar surface area (TPSA) is 51.4 Å². The molecule has 0 amide bonds. The lowest BCUT2D eigenvalue weighted by molar-refractivity contribution is 0.111. The number of fused-ring (bicyclic) bond motifs is 1. The molecule has 0 atom stereocenters. The quantitative estimate of drug-likeness (QED) is 0.692. The third kappa shape index (κ3) is 3.92. The number of benzene rings is 1. The number of nitrogens with zero attached hydrogens (tertiary/aromatic N) is 2. The summed E-state index contributed by atoms with van der Waals surface area (Å²) in [5, 5.41) is 0. The molecular formula is C19H22N2O2. The first-order valence-corrected chi connectivity index (χ1v) is 7.29. The van der Waals surface area contributed by atoms with Crippen molar-refractivity contribution >= 4 is 11.9 Å². The molecule has 0 bridgehead atoms. The zero-order valence-electron chi connectivity index (χ0n) is 12.7. The Balaban J connectivity index is 0.000000849. The predicted octanol–water partition coefficient (Wildman–Crippen LogP) is 3.76. The third-order valence-corrected chi connectivity index (χ3v) is 3.19. The van der Waals surface area contributed by atoms with Gasteiger partial charge in [-0.05, 0) is 17.7 Å². The summed E-state index contributed by atoms with van der Waals surface area (Å²) in [4.78, 5) is 27.9. The zero-order valence-corrected chi connectivity index (χ0v) is 12.7. The van der Waals surface area contributed by atoms with Crippen molar-refractivity contribution < 1.29 is 4.79 Å². The summed E-state index contributed by atoms with van der Waals surface area (Å²) in [6.45, 7) is 4.00. The van der Waals surface area contributed by atoms with Gasteiger partial charge in [-0.3, -0.25) is 14.0 Å². The van der Waals surface area contributed by atoms with E-state index in [2.05, 4.69) is 4.98 Å². The van der Waals surface area contributed by atoms with E-state index in [0.717, 1.165) is 5.56 Å². The van der Waals surface area contributed by atoms with Crippen LogP contribution in [-0.2, 0) is 6.42 Å². The van der Waals surface area contributed by atoms with E-state index in [4.69, 9.17) is 0 Å². The first-order valence-electron chi connectivity index (χ1n) is 7.29. The third-order valence-electron chi connectivity index (χ3n) is 3.19. The predicted molar refractivity (Wildman–Crippen MR) is 94.2 cm³/mol. The molecule has 2 aromatic heterocycles. The second-order valence-electron chi connectivity index (χ2n) is 4.49. The Hall–Kier alpha value is -2.75. The standard InChI is InChI=1S/C16H12N2O2.C2H6.CH4/c19-11-14-13(10-12-6-2-1-3-7-12)16(20)18-9-5-4-8-15(18)17-14;1-2;/h1-9,11H,10H2;1-2H3;1H4. The second kappa shape index (κ2) is 8.63. The summed E-state index contributed by atoms with van der Waals surface area (Å²) in [6.07, 6.45) is 2.71. The lowest BCUT2D eigenvalue weighted by atomic mass is 10.0. The smallest absolute Gasteiger partial charge is 0.262 e. The molecule has 120 valence electrons. The number of rotatable bonds is 3. The van der Waals surface area contributed by atoms with Crippen molar-refractivity contribution in [1.82, 2.24) is 9.38 Å². The Morgan fingerprint density at radius 2 is 1.70 bits per heavy atom. The van der Waals surface area contributed by atoms with Gasteiger partial charge in [-0.25, -0.2) is 4.98 Å². The molecule has 1 aromatic carbocycles. The first kappa shape index (κ1) is 18.3.